The molecule has 1 unspecified atom stereocenters. The number of benzene rings is 2. The molecule has 0 aromatic heterocycles. The highest BCUT2D eigenvalue weighted by atomic mass is 35.5. The molecule has 1 aliphatic heterocycles. The second kappa shape index (κ2) is 11.5. The zero-order valence-electron chi connectivity index (χ0n) is 14.7. The van der Waals surface area contributed by atoms with E-state index < -0.39 is 0 Å². The zero-order valence-corrected chi connectivity index (χ0v) is 17.7. The summed E-state index contributed by atoms with van der Waals surface area (Å²) in [7, 11) is 0. The molecule has 0 bridgehead atoms. The minimum atomic E-state index is -0.312. The smallest absolute Gasteiger partial charge is 0.253 e. The van der Waals surface area contributed by atoms with Crippen molar-refractivity contribution in [2.45, 2.75) is 25.3 Å². The molecule has 28 heavy (non-hydrogen) atoms. The van der Waals surface area contributed by atoms with E-state index in [-0.39, 0.29) is 12.3 Å². The fourth-order valence-electron chi connectivity index (χ4n) is 2.44. The van der Waals surface area contributed by atoms with Crippen molar-refractivity contribution in [3.63, 3.8) is 0 Å². The number of rotatable bonds is 4. The van der Waals surface area contributed by atoms with Crippen molar-refractivity contribution in [1.29, 1.82) is 0 Å². The van der Waals surface area contributed by atoms with Gasteiger partial charge in [-0.3, -0.25) is 0 Å². The Labute approximate surface area is 184 Å². The van der Waals surface area contributed by atoms with Crippen LogP contribution in [0.15, 0.2) is 36.4 Å². The Morgan fingerprint density at radius 2 is 1.50 bits per heavy atom. The van der Waals surface area contributed by atoms with E-state index in [0.29, 0.717) is 46.3 Å². The Morgan fingerprint density at radius 1 is 0.893 bits per heavy atom. The van der Waals surface area contributed by atoms with Gasteiger partial charge in [0.15, 0.2) is 6.29 Å². The number of halogens is 4. The highest BCUT2D eigenvalue weighted by Crippen LogP contribution is 2.31. The predicted octanol–water partition coefficient (Wildman–Crippen LogP) is 7.13. The Bertz CT molecular complexity index is 887. The average Bonchev–Trinajstić information content (AvgIpc) is 3.19. The van der Waals surface area contributed by atoms with Gasteiger partial charge < -0.3 is 19.2 Å². The molecule has 0 radical (unpaired) electrons. The molecule has 1 atom stereocenters. The van der Waals surface area contributed by atoms with E-state index in [1.54, 1.807) is 30.3 Å². The standard InChI is InChI=1S/C12H11Cl2NO2.C8H5Cl2N/c1-15-11(7-12-16-4-5-17-12)8-2-3-9(13)10(14)6-8;1-11-5-6-2-3-7(9)8(10)4-6/h2-3,6,11-12H,4-5,7H2;2-4H,5H2. The first kappa shape index (κ1) is 22.8. The second-order valence-electron chi connectivity index (χ2n) is 5.79. The quantitative estimate of drug-likeness (QED) is 0.456. The minimum Gasteiger partial charge on any atom is -0.350 e. The van der Waals surface area contributed by atoms with E-state index in [0.717, 1.165) is 11.1 Å². The number of nitrogens with zero attached hydrogens (tertiary/aromatic N) is 2. The fraction of sp³-hybridized carbons (Fsp3) is 0.300. The first-order chi connectivity index (χ1) is 13.4. The van der Waals surface area contributed by atoms with Crippen LogP contribution < -0.4 is 0 Å². The molecule has 0 saturated carbocycles. The van der Waals surface area contributed by atoms with E-state index in [1.807, 2.05) is 6.07 Å². The maximum Gasteiger partial charge on any atom is 0.253 e. The zero-order chi connectivity index (χ0) is 20.5. The minimum absolute atomic E-state index is 0.288. The van der Waals surface area contributed by atoms with Crippen LogP contribution in [0.5, 0.6) is 0 Å². The summed E-state index contributed by atoms with van der Waals surface area (Å²) < 4.78 is 10.7. The summed E-state index contributed by atoms with van der Waals surface area (Å²) >= 11 is 23.2. The van der Waals surface area contributed by atoms with Crippen LogP contribution in [0.2, 0.25) is 20.1 Å². The normalized spacial score (nSPS) is 14.5. The van der Waals surface area contributed by atoms with Gasteiger partial charge in [0.1, 0.15) is 0 Å². The third kappa shape index (κ3) is 6.83. The molecular weight excluding hydrogens is 442 g/mol. The number of ether oxygens (including phenoxy) is 2. The van der Waals surface area contributed by atoms with Crippen LogP contribution in [-0.4, -0.2) is 19.5 Å². The lowest BCUT2D eigenvalue weighted by Crippen LogP contribution is -2.11. The molecule has 1 fully saturated rings. The first-order valence-corrected chi connectivity index (χ1v) is 9.77. The third-order valence-corrected chi connectivity index (χ3v) is 5.31. The van der Waals surface area contributed by atoms with E-state index in [4.69, 9.17) is 69.0 Å². The van der Waals surface area contributed by atoms with Gasteiger partial charge in [0.2, 0.25) is 6.54 Å². The molecule has 0 spiro atoms. The summed E-state index contributed by atoms with van der Waals surface area (Å²) in [5.41, 5.74) is 1.74. The summed E-state index contributed by atoms with van der Waals surface area (Å²) in [5, 5.41) is 1.99. The molecule has 0 aliphatic carbocycles. The van der Waals surface area contributed by atoms with Crippen LogP contribution in [0.3, 0.4) is 0 Å². The van der Waals surface area contributed by atoms with Gasteiger partial charge in [-0.2, -0.15) is 0 Å². The fourth-order valence-corrected chi connectivity index (χ4v) is 3.07. The topological polar surface area (TPSA) is 27.2 Å². The molecule has 4 nitrogen and oxygen atoms in total. The molecule has 0 N–H and O–H groups in total. The highest BCUT2D eigenvalue weighted by molar-refractivity contribution is 6.42. The summed E-state index contributed by atoms with van der Waals surface area (Å²) in [6, 6.07) is 10.1. The van der Waals surface area contributed by atoms with Gasteiger partial charge in [0.05, 0.1) is 39.7 Å². The molecule has 1 saturated heterocycles. The maximum atomic E-state index is 7.22. The number of hydrogen-bond donors (Lipinski definition) is 0. The largest absolute Gasteiger partial charge is 0.350 e. The van der Waals surface area contributed by atoms with Crippen molar-refractivity contribution in [3.05, 3.63) is 90.4 Å². The molecule has 1 heterocycles. The lowest BCUT2D eigenvalue weighted by atomic mass is 10.0. The predicted molar refractivity (Wildman–Crippen MR) is 113 cm³/mol. The van der Waals surface area contributed by atoms with E-state index in [9.17, 15) is 0 Å². The Balaban J connectivity index is 0.000000221. The van der Waals surface area contributed by atoms with E-state index >= 15 is 0 Å². The van der Waals surface area contributed by atoms with Crippen molar-refractivity contribution in [1.82, 2.24) is 0 Å². The van der Waals surface area contributed by atoms with Gasteiger partial charge in [-0.1, -0.05) is 52.5 Å². The van der Waals surface area contributed by atoms with Crippen molar-refractivity contribution in [3.8, 4) is 0 Å². The molecule has 1 aliphatic rings. The van der Waals surface area contributed by atoms with Crippen LogP contribution in [0.1, 0.15) is 23.6 Å². The molecule has 8 heteroatoms. The van der Waals surface area contributed by atoms with E-state index in [2.05, 4.69) is 9.69 Å². The lowest BCUT2D eigenvalue weighted by molar-refractivity contribution is -0.0487. The van der Waals surface area contributed by atoms with Gasteiger partial charge in [0.25, 0.3) is 6.04 Å². The van der Waals surface area contributed by atoms with Crippen LogP contribution in [0, 0.1) is 13.1 Å². The molecule has 0 amide bonds. The molecule has 3 rings (SSSR count). The van der Waals surface area contributed by atoms with Crippen molar-refractivity contribution in [2.75, 3.05) is 13.2 Å². The number of hydrogen-bond acceptors (Lipinski definition) is 2. The maximum absolute atomic E-state index is 7.22. The van der Waals surface area contributed by atoms with Gasteiger partial charge in [-0.25, -0.2) is 13.1 Å². The van der Waals surface area contributed by atoms with Crippen LogP contribution >= 0.6 is 46.4 Å². The summed E-state index contributed by atoms with van der Waals surface area (Å²) in [6.45, 7) is 15.4. The van der Waals surface area contributed by atoms with Gasteiger partial charge >= 0.3 is 0 Å². The molecule has 2 aromatic carbocycles. The average molecular weight is 458 g/mol. The Hall–Kier alpha value is -1.50. The molecule has 2 aromatic rings. The van der Waals surface area contributed by atoms with E-state index in [1.165, 1.54) is 0 Å². The van der Waals surface area contributed by atoms with Gasteiger partial charge in [0, 0.05) is 11.1 Å². The molecular formula is C20H16Cl4N2O2. The van der Waals surface area contributed by atoms with Crippen molar-refractivity contribution in [2.24, 2.45) is 0 Å². The third-order valence-electron chi connectivity index (χ3n) is 3.84. The SMILES string of the molecule is [C-]#[N+]C(CC1OCCO1)c1ccc(Cl)c(Cl)c1.[C-]#[N+]Cc1ccc(Cl)c(Cl)c1. The van der Waals surface area contributed by atoms with Crippen LogP contribution in [0.25, 0.3) is 9.69 Å². The second-order valence-corrected chi connectivity index (χ2v) is 7.42. The summed E-state index contributed by atoms with van der Waals surface area (Å²) in [4.78, 5) is 6.81. The van der Waals surface area contributed by atoms with Crippen molar-refractivity contribution >= 4 is 46.4 Å². The monoisotopic (exact) mass is 456 g/mol. The molecule has 146 valence electrons. The summed E-state index contributed by atoms with van der Waals surface area (Å²) in [6.07, 6.45) is 0.227. The van der Waals surface area contributed by atoms with Crippen LogP contribution in [0.4, 0.5) is 0 Å². The van der Waals surface area contributed by atoms with Gasteiger partial charge in [-0.05, 0) is 30.3 Å². The summed E-state index contributed by atoms with van der Waals surface area (Å²) in [5.74, 6) is 0. The van der Waals surface area contributed by atoms with Gasteiger partial charge in [-0.15, -0.1) is 0 Å². The highest BCUT2D eigenvalue weighted by Gasteiger charge is 2.26. The first-order valence-electron chi connectivity index (χ1n) is 8.26. The Kier molecular flexibility index (Phi) is 9.35. The Morgan fingerprint density at radius 3 is 2.04 bits per heavy atom. The lowest BCUT2D eigenvalue weighted by Gasteiger charge is -2.11. The van der Waals surface area contributed by atoms with Crippen molar-refractivity contribution < 1.29 is 9.47 Å². The van der Waals surface area contributed by atoms with Crippen LogP contribution in [-0.2, 0) is 16.0 Å².